The van der Waals surface area contributed by atoms with Crippen molar-refractivity contribution in [3.05, 3.63) is 27.4 Å². The van der Waals surface area contributed by atoms with E-state index in [1.165, 1.54) is 12.1 Å². The molecule has 1 atom stereocenters. The minimum atomic E-state index is -0.424. The van der Waals surface area contributed by atoms with Gasteiger partial charge in [-0.15, -0.1) is 0 Å². The third-order valence-electron chi connectivity index (χ3n) is 4.01. The van der Waals surface area contributed by atoms with Crippen LogP contribution in [0, 0.1) is 16.0 Å². The molecular formula is C12H15ClN4O2. The molecule has 3 saturated heterocycles. The maximum atomic E-state index is 11.0. The first-order chi connectivity index (χ1) is 9.13. The van der Waals surface area contributed by atoms with Gasteiger partial charge < -0.3 is 10.2 Å². The smallest absolute Gasteiger partial charge is 0.311 e. The monoisotopic (exact) mass is 282 g/mol. The molecule has 19 heavy (non-hydrogen) atoms. The molecule has 0 aliphatic carbocycles. The van der Waals surface area contributed by atoms with Gasteiger partial charge in [-0.25, -0.2) is 4.98 Å². The second-order valence-corrected chi connectivity index (χ2v) is 5.53. The van der Waals surface area contributed by atoms with E-state index in [0.717, 1.165) is 32.5 Å². The van der Waals surface area contributed by atoms with E-state index in [4.69, 9.17) is 11.6 Å². The van der Waals surface area contributed by atoms with Gasteiger partial charge in [0.1, 0.15) is 5.15 Å². The molecule has 1 aromatic rings. The number of aromatic nitrogens is 1. The number of fused-ring (bicyclic) bond motifs is 3. The number of hydrogen-bond donors (Lipinski definition) is 1. The molecule has 3 aliphatic rings. The van der Waals surface area contributed by atoms with Gasteiger partial charge in [-0.05, 0) is 37.9 Å². The minimum Gasteiger partial charge on any atom is -0.360 e. The molecule has 2 bridgehead atoms. The summed E-state index contributed by atoms with van der Waals surface area (Å²) in [6, 6.07) is 3.08. The number of rotatable bonds is 3. The summed E-state index contributed by atoms with van der Waals surface area (Å²) < 4.78 is 0. The van der Waals surface area contributed by atoms with E-state index >= 15 is 0 Å². The van der Waals surface area contributed by atoms with Crippen molar-refractivity contribution in [1.82, 2.24) is 9.88 Å². The van der Waals surface area contributed by atoms with Crippen LogP contribution in [-0.4, -0.2) is 40.5 Å². The van der Waals surface area contributed by atoms with E-state index in [-0.39, 0.29) is 22.7 Å². The number of nitrogens with one attached hydrogen (secondary N) is 1. The molecule has 0 radical (unpaired) electrons. The number of piperidine rings is 3. The Hall–Kier alpha value is -1.40. The number of anilines is 1. The summed E-state index contributed by atoms with van der Waals surface area (Å²) in [5.74, 6) is 0.863. The summed E-state index contributed by atoms with van der Waals surface area (Å²) in [6.07, 6.45) is 2.29. The Kier molecular flexibility index (Phi) is 3.28. The topological polar surface area (TPSA) is 71.3 Å². The van der Waals surface area contributed by atoms with Gasteiger partial charge in [0.15, 0.2) is 0 Å². The van der Waals surface area contributed by atoms with Crippen LogP contribution in [-0.2, 0) is 0 Å². The second-order valence-electron chi connectivity index (χ2n) is 5.15. The van der Waals surface area contributed by atoms with Crippen molar-refractivity contribution < 1.29 is 4.92 Å². The molecule has 102 valence electrons. The molecule has 7 heteroatoms. The average molecular weight is 283 g/mol. The summed E-state index contributed by atoms with van der Waals surface area (Å²) in [6.45, 7) is 3.19. The number of hydrogen-bond acceptors (Lipinski definition) is 5. The Labute approximate surface area is 115 Å². The van der Waals surface area contributed by atoms with Gasteiger partial charge in [0, 0.05) is 18.7 Å². The van der Waals surface area contributed by atoms with Crippen LogP contribution in [0.25, 0.3) is 0 Å². The molecule has 0 aromatic carbocycles. The van der Waals surface area contributed by atoms with Crippen LogP contribution in [0.4, 0.5) is 11.5 Å². The minimum absolute atomic E-state index is 0.0131. The molecule has 3 fully saturated rings. The van der Waals surface area contributed by atoms with E-state index in [9.17, 15) is 10.1 Å². The Morgan fingerprint density at radius 3 is 2.74 bits per heavy atom. The van der Waals surface area contributed by atoms with Crippen molar-refractivity contribution in [3.8, 4) is 0 Å². The SMILES string of the molecule is O=[N+]([O-])c1ccc(Cl)nc1NC1CN2CCC1CC2. The van der Waals surface area contributed by atoms with Crippen LogP contribution in [0.1, 0.15) is 12.8 Å². The van der Waals surface area contributed by atoms with Gasteiger partial charge in [0.2, 0.25) is 5.82 Å². The van der Waals surface area contributed by atoms with Crippen LogP contribution in [0.3, 0.4) is 0 Å². The highest BCUT2D eigenvalue weighted by molar-refractivity contribution is 6.29. The Bertz CT molecular complexity index is 503. The molecule has 1 unspecified atom stereocenters. The Balaban J connectivity index is 1.83. The van der Waals surface area contributed by atoms with Crippen LogP contribution in [0.5, 0.6) is 0 Å². The number of pyridine rings is 1. The highest BCUT2D eigenvalue weighted by Gasteiger charge is 2.35. The average Bonchev–Trinajstić information content (AvgIpc) is 2.40. The lowest BCUT2D eigenvalue weighted by molar-refractivity contribution is -0.384. The second kappa shape index (κ2) is 4.94. The fourth-order valence-electron chi connectivity index (χ4n) is 2.99. The zero-order chi connectivity index (χ0) is 13.4. The van der Waals surface area contributed by atoms with Crippen molar-refractivity contribution >= 4 is 23.1 Å². The third-order valence-corrected chi connectivity index (χ3v) is 4.23. The maximum absolute atomic E-state index is 11.0. The van der Waals surface area contributed by atoms with E-state index in [1.807, 2.05) is 0 Å². The van der Waals surface area contributed by atoms with Crippen LogP contribution < -0.4 is 5.32 Å². The first-order valence-corrected chi connectivity index (χ1v) is 6.81. The van der Waals surface area contributed by atoms with E-state index in [0.29, 0.717) is 5.92 Å². The molecule has 4 heterocycles. The fourth-order valence-corrected chi connectivity index (χ4v) is 3.13. The predicted octanol–water partition coefficient (Wildman–Crippen LogP) is 2.15. The number of nitro groups is 1. The highest BCUT2D eigenvalue weighted by atomic mass is 35.5. The summed E-state index contributed by atoms with van der Waals surface area (Å²) >= 11 is 5.83. The quantitative estimate of drug-likeness (QED) is 0.522. The van der Waals surface area contributed by atoms with E-state index in [2.05, 4.69) is 15.2 Å². The molecule has 3 aliphatic heterocycles. The summed E-state index contributed by atoms with van der Waals surface area (Å²) in [4.78, 5) is 17.0. The Morgan fingerprint density at radius 2 is 2.16 bits per heavy atom. The lowest BCUT2D eigenvalue weighted by Gasteiger charge is -2.45. The van der Waals surface area contributed by atoms with Gasteiger partial charge in [0.05, 0.1) is 4.92 Å². The molecule has 1 N–H and O–H groups in total. The van der Waals surface area contributed by atoms with Crippen LogP contribution >= 0.6 is 11.6 Å². The highest BCUT2D eigenvalue weighted by Crippen LogP contribution is 2.32. The molecule has 4 rings (SSSR count). The van der Waals surface area contributed by atoms with Crippen molar-refractivity contribution in [2.24, 2.45) is 5.92 Å². The zero-order valence-electron chi connectivity index (χ0n) is 10.4. The van der Waals surface area contributed by atoms with E-state index < -0.39 is 4.92 Å². The standard InChI is InChI=1S/C12H15ClN4O2/c13-11-2-1-10(17(18)19)12(15-11)14-9-7-16-5-3-8(9)4-6-16/h1-2,8-9H,3-7H2,(H,14,15). The summed E-state index contributed by atoms with van der Waals surface area (Å²) in [5.41, 5.74) is -0.0131. The largest absolute Gasteiger partial charge is 0.360 e. The van der Waals surface area contributed by atoms with Gasteiger partial charge in [0.25, 0.3) is 0 Å². The number of nitrogens with zero attached hydrogens (tertiary/aromatic N) is 3. The third kappa shape index (κ3) is 2.50. The fraction of sp³-hybridized carbons (Fsp3) is 0.583. The molecule has 0 saturated carbocycles. The zero-order valence-corrected chi connectivity index (χ0v) is 11.1. The number of halogens is 1. The van der Waals surface area contributed by atoms with E-state index in [1.54, 1.807) is 0 Å². The normalized spacial score (nSPS) is 29.2. The first-order valence-electron chi connectivity index (χ1n) is 6.43. The van der Waals surface area contributed by atoms with Crippen molar-refractivity contribution in [2.75, 3.05) is 25.0 Å². The lowest BCUT2D eigenvalue weighted by atomic mass is 9.84. The molecule has 0 spiro atoms. The maximum Gasteiger partial charge on any atom is 0.311 e. The van der Waals surface area contributed by atoms with Gasteiger partial charge in [-0.2, -0.15) is 0 Å². The first kappa shape index (κ1) is 12.6. The molecule has 6 nitrogen and oxygen atoms in total. The molecular weight excluding hydrogens is 268 g/mol. The van der Waals surface area contributed by atoms with Crippen molar-refractivity contribution in [2.45, 2.75) is 18.9 Å². The van der Waals surface area contributed by atoms with Gasteiger partial charge >= 0.3 is 5.69 Å². The molecule has 0 amide bonds. The van der Waals surface area contributed by atoms with Crippen molar-refractivity contribution in [3.63, 3.8) is 0 Å². The van der Waals surface area contributed by atoms with Crippen LogP contribution in [0.2, 0.25) is 5.15 Å². The lowest BCUT2D eigenvalue weighted by Crippen LogP contribution is -2.53. The van der Waals surface area contributed by atoms with Crippen molar-refractivity contribution in [1.29, 1.82) is 0 Å². The van der Waals surface area contributed by atoms with Gasteiger partial charge in [-0.1, -0.05) is 11.6 Å². The predicted molar refractivity (Wildman–Crippen MR) is 72.5 cm³/mol. The Morgan fingerprint density at radius 1 is 1.42 bits per heavy atom. The molecule has 1 aromatic heterocycles. The summed E-state index contributed by atoms with van der Waals surface area (Å²) in [5, 5.41) is 14.5. The summed E-state index contributed by atoms with van der Waals surface area (Å²) in [7, 11) is 0. The van der Waals surface area contributed by atoms with Gasteiger partial charge in [-0.3, -0.25) is 10.1 Å². The van der Waals surface area contributed by atoms with Crippen LogP contribution in [0.15, 0.2) is 12.1 Å².